The number of esters is 1. The van der Waals surface area contributed by atoms with E-state index >= 15 is 0 Å². The zero-order chi connectivity index (χ0) is 21.8. The van der Waals surface area contributed by atoms with Gasteiger partial charge in [-0.15, -0.1) is 0 Å². The fourth-order valence-electron chi connectivity index (χ4n) is 2.87. The van der Waals surface area contributed by atoms with Crippen LogP contribution < -0.4 is 4.72 Å². The number of rotatable bonds is 7. The van der Waals surface area contributed by atoms with Crippen molar-refractivity contribution < 1.29 is 22.4 Å². The third-order valence-corrected chi connectivity index (χ3v) is 5.54. The van der Waals surface area contributed by atoms with E-state index in [1.165, 1.54) is 6.20 Å². The van der Waals surface area contributed by atoms with Crippen LogP contribution in [0, 0.1) is 0 Å². The van der Waals surface area contributed by atoms with Gasteiger partial charge in [0.2, 0.25) is 10.9 Å². The molecule has 0 aliphatic rings. The van der Waals surface area contributed by atoms with Crippen molar-refractivity contribution >= 4 is 21.8 Å². The van der Waals surface area contributed by atoms with Gasteiger partial charge in [0, 0.05) is 11.1 Å². The molecule has 4 rings (SSSR count). The lowest BCUT2D eigenvalue weighted by molar-refractivity contribution is 0.0527. The monoisotopic (exact) mass is 438 g/mol. The minimum atomic E-state index is -4.25. The number of sulfonamides is 1. The zero-order valence-electron chi connectivity index (χ0n) is 16.4. The van der Waals surface area contributed by atoms with Crippen LogP contribution in [0.1, 0.15) is 17.3 Å². The molecule has 9 nitrogen and oxygen atoms in total. The third-order valence-electron chi connectivity index (χ3n) is 4.28. The van der Waals surface area contributed by atoms with E-state index in [2.05, 4.69) is 19.9 Å². The normalized spacial score (nSPS) is 11.3. The zero-order valence-corrected chi connectivity index (χ0v) is 17.2. The van der Waals surface area contributed by atoms with Gasteiger partial charge < -0.3 is 9.15 Å². The summed E-state index contributed by atoms with van der Waals surface area (Å²) in [4.78, 5) is 16.3. The predicted octanol–water partition coefficient (Wildman–Crippen LogP) is 3.71. The number of nitrogens with zero attached hydrogens (tertiary/aromatic N) is 2. The summed E-state index contributed by atoms with van der Waals surface area (Å²) in [6.07, 6.45) is 1.19. The number of hydrogen-bond donors (Lipinski definition) is 2. The molecular formula is C21H18N4O5S. The molecule has 2 aromatic carbocycles. The van der Waals surface area contributed by atoms with Gasteiger partial charge in [0.05, 0.1) is 12.8 Å². The first-order chi connectivity index (χ1) is 15.0. The van der Waals surface area contributed by atoms with Crippen molar-refractivity contribution in [1.29, 1.82) is 0 Å². The van der Waals surface area contributed by atoms with E-state index < -0.39 is 16.0 Å². The van der Waals surface area contributed by atoms with Crippen LogP contribution in [0.15, 0.2) is 76.3 Å². The molecule has 2 heterocycles. The Bertz CT molecular complexity index is 1300. The SMILES string of the molecule is CCOC(=O)c1cn[nH]c1NS(=O)(=O)c1nc(-c2ccccc2)oc1-c1ccccc1. The number of nitrogens with one attached hydrogen (secondary N) is 2. The van der Waals surface area contributed by atoms with Crippen molar-refractivity contribution in [1.82, 2.24) is 15.2 Å². The highest BCUT2D eigenvalue weighted by Gasteiger charge is 2.29. The Balaban J connectivity index is 1.79. The fourth-order valence-corrected chi connectivity index (χ4v) is 4.00. The first-order valence-electron chi connectivity index (χ1n) is 9.34. The number of aromatic amines is 1. The van der Waals surface area contributed by atoms with E-state index in [1.807, 2.05) is 6.07 Å². The Morgan fingerprint density at radius 1 is 1.06 bits per heavy atom. The standard InChI is InChI=1S/C21H18N4O5S/c1-2-29-21(26)16-13-22-24-18(16)25-31(27,28)20-17(14-9-5-3-6-10-14)30-19(23-20)15-11-7-4-8-12-15/h3-13H,2H2,1H3,(H2,22,24,25). The first-order valence-corrected chi connectivity index (χ1v) is 10.8. The minimum absolute atomic E-state index is 0.0431. The van der Waals surface area contributed by atoms with Crippen molar-refractivity contribution in [2.75, 3.05) is 11.3 Å². The number of carbonyl (C=O) groups is 1. The highest BCUT2D eigenvalue weighted by Crippen LogP contribution is 2.33. The van der Waals surface area contributed by atoms with Gasteiger partial charge in [0.15, 0.2) is 5.76 Å². The number of benzene rings is 2. The first kappa shape index (κ1) is 20.4. The lowest BCUT2D eigenvalue weighted by Crippen LogP contribution is -2.17. The molecule has 0 amide bonds. The van der Waals surface area contributed by atoms with Crippen LogP contribution in [0.2, 0.25) is 0 Å². The number of anilines is 1. The molecule has 158 valence electrons. The molecule has 2 N–H and O–H groups in total. The van der Waals surface area contributed by atoms with Gasteiger partial charge >= 0.3 is 5.97 Å². The number of hydrogen-bond acceptors (Lipinski definition) is 7. The molecule has 0 unspecified atom stereocenters. The van der Waals surface area contributed by atoms with E-state index in [4.69, 9.17) is 9.15 Å². The van der Waals surface area contributed by atoms with Crippen LogP contribution in [0.4, 0.5) is 5.82 Å². The molecule has 0 aliphatic heterocycles. The van der Waals surface area contributed by atoms with Crippen molar-refractivity contribution in [3.05, 3.63) is 72.4 Å². The smallest absolute Gasteiger partial charge is 0.343 e. The van der Waals surface area contributed by atoms with E-state index in [-0.39, 0.29) is 34.7 Å². The van der Waals surface area contributed by atoms with Crippen LogP contribution in [0.25, 0.3) is 22.8 Å². The Kier molecular flexibility index (Phi) is 5.54. The maximum Gasteiger partial charge on any atom is 0.343 e. The summed E-state index contributed by atoms with van der Waals surface area (Å²) in [5.41, 5.74) is 1.11. The maximum atomic E-state index is 13.2. The van der Waals surface area contributed by atoms with Crippen molar-refractivity contribution in [3.8, 4) is 22.8 Å². The molecular weight excluding hydrogens is 420 g/mol. The Morgan fingerprint density at radius 3 is 2.35 bits per heavy atom. The van der Waals surface area contributed by atoms with Crippen molar-refractivity contribution in [2.45, 2.75) is 11.9 Å². The summed E-state index contributed by atoms with van der Waals surface area (Å²) >= 11 is 0. The molecule has 0 aliphatic carbocycles. The Labute approximate surface area is 178 Å². The van der Waals surface area contributed by atoms with E-state index in [0.717, 1.165) is 0 Å². The second-order valence-electron chi connectivity index (χ2n) is 6.37. The van der Waals surface area contributed by atoms with Crippen molar-refractivity contribution in [2.24, 2.45) is 0 Å². The molecule has 4 aromatic rings. The Morgan fingerprint density at radius 2 is 1.71 bits per heavy atom. The number of carbonyl (C=O) groups excluding carboxylic acids is 1. The van der Waals surface area contributed by atoms with Crippen LogP contribution in [-0.2, 0) is 14.8 Å². The molecule has 2 aromatic heterocycles. The topological polar surface area (TPSA) is 127 Å². The van der Waals surface area contributed by atoms with Gasteiger partial charge in [-0.25, -0.2) is 4.79 Å². The molecule has 0 bridgehead atoms. The highest BCUT2D eigenvalue weighted by molar-refractivity contribution is 7.92. The van der Waals surface area contributed by atoms with Crippen LogP contribution in [0.3, 0.4) is 0 Å². The molecule has 0 fully saturated rings. The van der Waals surface area contributed by atoms with Crippen LogP contribution >= 0.6 is 0 Å². The number of aromatic nitrogens is 3. The van der Waals surface area contributed by atoms with Gasteiger partial charge in [0.1, 0.15) is 11.4 Å². The highest BCUT2D eigenvalue weighted by atomic mass is 32.2. The van der Waals surface area contributed by atoms with Gasteiger partial charge in [-0.1, -0.05) is 48.5 Å². The van der Waals surface area contributed by atoms with Gasteiger partial charge in [0.25, 0.3) is 10.0 Å². The summed E-state index contributed by atoms with van der Waals surface area (Å²) < 4.78 is 39.6. The summed E-state index contributed by atoms with van der Waals surface area (Å²) in [5.74, 6) is -0.608. The summed E-state index contributed by atoms with van der Waals surface area (Å²) in [6.45, 7) is 1.78. The summed E-state index contributed by atoms with van der Waals surface area (Å²) in [7, 11) is -4.25. The average molecular weight is 438 g/mol. The van der Waals surface area contributed by atoms with Gasteiger partial charge in [-0.2, -0.15) is 18.5 Å². The average Bonchev–Trinajstić information content (AvgIpc) is 3.43. The number of H-pyrrole nitrogens is 1. The molecule has 10 heteroatoms. The van der Waals surface area contributed by atoms with E-state index in [9.17, 15) is 13.2 Å². The third kappa shape index (κ3) is 4.19. The molecule has 0 saturated carbocycles. The Hall–Kier alpha value is -3.92. The quantitative estimate of drug-likeness (QED) is 0.421. The van der Waals surface area contributed by atoms with Gasteiger partial charge in [-0.3, -0.25) is 9.82 Å². The lowest BCUT2D eigenvalue weighted by Gasteiger charge is -2.07. The summed E-state index contributed by atoms with van der Waals surface area (Å²) in [6, 6.07) is 17.7. The predicted molar refractivity (Wildman–Crippen MR) is 113 cm³/mol. The second-order valence-corrected chi connectivity index (χ2v) is 7.97. The van der Waals surface area contributed by atoms with Gasteiger partial charge in [-0.05, 0) is 19.1 Å². The molecule has 0 spiro atoms. The maximum absolute atomic E-state index is 13.2. The van der Waals surface area contributed by atoms with Crippen LogP contribution in [0.5, 0.6) is 0 Å². The van der Waals surface area contributed by atoms with E-state index in [1.54, 1.807) is 61.5 Å². The molecule has 0 atom stereocenters. The number of oxazole rings is 1. The van der Waals surface area contributed by atoms with Crippen molar-refractivity contribution in [3.63, 3.8) is 0 Å². The molecule has 31 heavy (non-hydrogen) atoms. The van der Waals surface area contributed by atoms with Crippen LogP contribution in [-0.4, -0.2) is 36.2 Å². The lowest BCUT2D eigenvalue weighted by atomic mass is 10.2. The molecule has 0 saturated heterocycles. The second kappa shape index (κ2) is 8.44. The molecule has 0 radical (unpaired) electrons. The minimum Gasteiger partial charge on any atom is -0.462 e. The van der Waals surface area contributed by atoms with E-state index in [0.29, 0.717) is 11.1 Å². The largest absolute Gasteiger partial charge is 0.462 e. The summed E-state index contributed by atoms with van der Waals surface area (Å²) in [5, 5.41) is 5.89. The fraction of sp³-hybridized carbons (Fsp3) is 0.0952. The number of ether oxygens (including phenoxy) is 1.